The van der Waals surface area contributed by atoms with Gasteiger partial charge < -0.3 is 9.64 Å². The van der Waals surface area contributed by atoms with Crippen LogP contribution in [0, 0.1) is 5.92 Å². The zero-order chi connectivity index (χ0) is 9.68. The highest BCUT2D eigenvalue weighted by Crippen LogP contribution is 2.18. The number of carbonyl (C=O) groups is 1. The summed E-state index contributed by atoms with van der Waals surface area (Å²) in [6, 6.07) is 0. The van der Waals surface area contributed by atoms with Crippen molar-refractivity contribution in [2.45, 2.75) is 26.2 Å². The molecule has 0 N–H and O–H groups in total. The number of hydrogen-bond acceptors (Lipinski definition) is 3. The first-order valence-electron chi connectivity index (χ1n) is 5.08. The number of rotatable bonds is 2. The molecule has 13 heavy (non-hydrogen) atoms. The van der Waals surface area contributed by atoms with E-state index in [0.29, 0.717) is 0 Å². The number of carbonyl (C=O) groups excluding carboxylic acids is 1. The minimum Gasteiger partial charge on any atom is -0.469 e. The Balaban J connectivity index is 2.40. The lowest BCUT2D eigenvalue weighted by Gasteiger charge is -2.16. The molecule has 0 radical (unpaired) electrons. The van der Waals surface area contributed by atoms with E-state index in [-0.39, 0.29) is 11.9 Å². The van der Waals surface area contributed by atoms with Gasteiger partial charge in [-0.1, -0.05) is 6.92 Å². The number of methoxy groups -OCH3 is 1. The van der Waals surface area contributed by atoms with Crippen LogP contribution in [0.15, 0.2) is 0 Å². The quantitative estimate of drug-likeness (QED) is 0.607. The molecule has 3 nitrogen and oxygen atoms in total. The molecule has 1 aliphatic rings. The van der Waals surface area contributed by atoms with E-state index in [0.717, 1.165) is 38.9 Å². The first kappa shape index (κ1) is 10.5. The van der Waals surface area contributed by atoms with Crippen molar-refractivity contribution in [3.63, 3.8) is 0 Å². The van der Waals surface area contributed by atoms with Gasteiger partial charge in [-0.3, -0.25) is 4.79 Å². The summed E-state index contributed by atoms with van der Waals surface area (Å²) in [4.78, 5) is 13.7. The smallest absolute Gasteiger partial charge is 0.308 e. The van der Waals surface area contributed by atoms with Gasteiger partial charge in [-0.05, 0) is 38.9 Å². The lowest BCUT2D eigenvalue weighted by Crippen LogP contribution is -2.25. The van der Waals surface area contributed by atoms with Crippen LogP contribution in [0.5, 0.6) is 0 Å². The van der Waals surface area contributed by atoms with Gasteiger partial charge in [-0.15, -0.1) is 0 Å². The van der Waals surface area contributed by atoms with Gasteiger partial charge in [-0.25, -0.2) is 0 Å². The second kappa shape index (κ2) is 5.22. The summed E-state index contributed by atoms with van der Waals surface area (Å²) in [6.07, 6.45) is 3.07. The van der Waals surface area contributed by atoms with Crippen LogP contribution in [-0.2, 0) is 9.53 Å². The van der Waals surface area contributed by atoms with Gasteiger partial charge in [0.2, 0.25) is 0 Å². The fraction of sp³-hybridized carbons (Fsp3) is 0.900. The van der Waals surface area contributed by atoms with Gasteiger partial charge in [0.15, 0.2) is 0 Å². The van der Waals surface area contributed by atoms with Crippen molar-refractivity contribution in [3.05, 3.63) is 0 Å². The zero-order valence-electron chi connectivity index (χ0n) is 8.58. The molecule has 76 valence electrons. The molecule has 0 aromatic carbocycles. The van der Waals surface area contributed by atoms with Crippen molar-refractivity contribution < 1.29 is 9.53 Å². The van der Waals surface area contributed by atoms with E-state index in [2.05, 4.69) is 11.8 Å². The summed E-state index contributed by atoms with van der Waals surface area (Å²) in [7, 11) is 1.48. The third kappa shape index (κ3) is 2.99. The topological polar surface area (TPSA) is 29.5 Å². The van der Waals surface area contributed by atoms with Crippen LogP contribution >= 0.6 is 0 Å². The third-order valence-corrected chi connectivity index (χ3v) is 2.80. The normalized spacial score (nSPS) is 25.2. The Morgan fingerprint density at radius 3 is 2.85 bits per heavy atom. The van der Waals surface area contributed by atoms with Gasteiger partial charge in [0.05, 0.1) is 13.0 Å². The molecule has 1 heterocycles. The largest absolute Gasteiger partial charge is 0.469 e. The molecule has 0 saturated carbocycles. The van der Waals surface area contributed by atoms with E-state index in [1.54, 1.807) is 0 Å². The maximum absolute atomic E-state index is 11.3. The molecule has 1 fully saturated rings. The highest BCUT2D eigenvalue weighted by molar-refractivity contribution is 5.72. The molecule has 0 amide bonds. The summed E-state index contributed by atoms with van der Waals surface area (Å²) in [5.74, 6) is 0.111. The van der Waals surface area contributed by atoms with Crippen LogP contribution < -0.4 is 0 Å². The molecule has 0 aromatic rings. The van der Waals surface area contributed by atoms with Crippen molar-refractivity contribution >= 4 is 5.97 Å². The van der Waals surface area contributed by atoms with E-state index in [4.69, 9.17) is 4.74 Å². The second-order valence-electron chi connectivity index (χ2n) is 3.59. The van der Waals surface area contributed by atoms with Crippen LogP contribution in [0.25, 0.3) is 0 Å². The third-order valence-electron chi connectivity index (χ3n) is 2.80. The minimum atomic E-state index is -0.0297. The first-order chi connectivity index (χ1) is 6.27. The summed E-state index contributed by atoms with van der Waals surface area (Å²) in [6.45, 7) is 5.42. The van der Waals surface area contributed by atoms with Gasteiger partial charge in [-0.2, -0.15) is 0 Å². The number of hydrogen-bond donors (Lipinski definition) is 0. The molecule has 1 unspecified atom stereocenters. The maximum Gasteiger partial charge on any atom is 0.308 e. The second-order valence-corrected chi connectivity index (χ2v) is 3.59. The van der Waals surface area contributed by atoms with Crippen molar-refractivity contribution in [2.24, 2.45) is 5.92 Å². The first-order valence-corrected chi connectivity index (χ1v) is 5.08. The molecule has 1 atom stereocenters. The van der Waals surface area contributed by atoms with Gasteiger partial charge >= 0.3 is 5.97 Å². The minimum absolute atomic E-state index is 0.0297. The molecule has 1 rings (SSSR count). The predicted octanol–water partition coefficient (Wildman–Crippen LogP) is 1.28. The standard InChI is InChI=1S/C10H19NO2/c1-3-11-7-4-5-9(6-8-11)10(12)13-2/h9H,3-8H2,1-2H3. The van der Waals surface area contributed by atoms with Crippen LogP contribution in [-0.4, -0.2) is 37.6 Å². The summed E-state index contributed by atoms with van der Waals surface area (Å²) in [5, 5.41) is 0. The Morgan fingerprint density at radius 2 is 2.23 bits per heavy atom. The average Bonchev–Trinajstić information content (AvgIpc) is 2.41. The van der Waals surface area contributed by atoms with Crippen LogP contribution in [0.2, 0.25) is 0 Å². The summed E-state index contributed by atoms with van der Waals surface area (Å²) in [5.41, 5.74) is 0. The predicted molar refractivity (Wildman–Crippen MR) is 51.5 cm³/mol. The van der Waals surface area contributed by atoms with E-state index in [9.17, 15) is 4.79 Å². The van der Waals surface area contributed by atoms with Gasteiger partial charge in [0.1, 0.15) is 0 Å². The molecule has 0 aromatic heterocycles. The average molecular weight is 185 g/mol. The van der Waals surface area contributed by atoms with E-state index >= 15 is 0 Å². The SMILES string of the molecule is CCN1CCCC(C(=O)OC)CC1. The fourth-order valence-corrected chi connectivity index (χ4v) is 1.87. The van der Waals surface area contributed by atoms with Crippen molar-refractivity contribution in [3.8, 4) is 0 Å². The Morgan fingerprint density at radius 1 is 1.46 bits per heavy atom. The van der Waals surface area contributed by atoms with E-state index in [1.165, 1.54) is 7.11 Å². The molecule has 3 heteroatoms. The fourth-order valence-electron chi connectivity index (χ4n) is 1.87. The number of esters is 1. The van der Waals surface area contributed by atoms with Crippen molar-refractivity contribution in [1.29, 1.82) is 0 Å². The van der Waals surface area contributed by atoms with Crippen molar-refractivity contribution in [2.75, 3.05) is 26.7 Å². The summed E-state index contributed by atoms with van der Waals surface area (Å²) >= 11 is 0. The lowest BCUT2D eigenvalue weighted by molar-refractivity contribution is -0.145. The number of ether oxygens (including phenoxy) is 1. The highest BCUT2D eigenvalue weighted by atomic mass is 16.5. The summed E-state index contributed by atoms with van der Waals surface area (Å²) < 4.78 is 4.76. The molecule has 0 bridgehead atoms. The molecular formula is C10H19NO2. The van der Waals surface area contributed by atoms with Crippen LogP contribution in [0.1, 0.15) is 26.2 Å². The molecule has 0 spiro atoms. The van der Waals surface area contributed by atoms with Crippen molar-refractivity contribution in [1.82, 2.24) is 4.90 Å². The Kier molecular flexibility index (Phi) is 4.22. The number of likely N-dealkylation sites (tertiary alicyclic amines) is 1. The van der Waals surface area contributed by atoms with Gasteiger partial charge in [0.25, 0.3) is 0 Å². The van der Waals surface area contributed by atoms with E-state index < -0.39 is 0 Å². The Hall–Kier alpha value is -0.570. The lowest BCUT2D eigenvalue weighted by atomic mass is 10.0. The van der Waals surface area contributed by atoms with Gasteiger partial charge in [0, 0.05) is 0 Å². The zero-order valence-corrected chi connectivity index (χ0v) is 8.58. The molecular weight excluding hydrogens is 166 g/mol. The molecule has 0 aliphatic carbocycles. The highest BCUT2D eigenvalue weighted by Gasteiger charge is 2.22. The molecule has 1 saturated heterocycles. The van der Waals surface area contributed by atoms with Crippen LogP contribution in [0.4, 0.5) is 0 Å². The Bertz CT molecular complexity index is 170. The molecule has 1 aliphatic heterocycles. The number of nitrogens with zero attached hydrogens (tertiary/aromatic N) is 1. The van der Waals surface area contributed by atoms with Crippen LogP contribution in [0.3, 0.4) is 0 Å². The van der Waals surface area contributed by atoms with E-state index in [1.807, 2.05) is 0 Å². The Labute approximate surface area is 80.1 Å². The maximum atomic E-state index is 11.3. The monoisotopic (exact) mass is 185 g/mol.